The molecular weight excluding hydrogens is 424 g/mol. The van der Waals surface area contributed by atoms with Crippen LogP contribution in [0.1, 0.15) is 22.8 Å². The minimum Gasteiger partial charge on any atom is -0.494 e. The lowest BCUT2D eigenvalue weighted by Crippen LogP contribution is -2.15. The molecule has 3 aromatic carbocycles. The molecule has 3 rings (SSSR count). The van der Waals surface area contributed by atoms with Crippen molar-refractivity contribution in [2.75, 3.05) is 16.6 Å². The standard InChI is InChI=1S/C22H21ClN2O4S/c1-3-29-18-9-6-16(7-10-18)24-22(26)20-14-17(8-13-21(20)23)25-30(27,28)19-11-4-15(2)5-12-19/h4-14,25H,3H2,1-2H3,(H,24,26). The lowest BCUT2D eigenvalue weighted by atomic mass is 10.2. The topological polar surface area (TPSA) is 84.5 Å². The fourth-order valence-corrected chi connectivity index (χ4v) is 3.95. The molecule has 1 amide bonds. The number of anilines is 2. The van der Waals surface area contributed by atoms with Crippen molar-refractivity contribution in [3.63, 3.8) is 0 Å². The summed E-state index contributed by atoms with van der Waals surface area (Å²) in [6.07, 6.45) is 0. The van der Waals surface area contributed by atoms with Crippen molar-refractivity contribution in [3.8, 4) is 5.75 Å². The van der Waals surface area contributed by atoms with Crippen molar-refractivity contribution in [2.45, 2.75) is 18.7 Å². The average Bonchev–Trinajstić information content (AvgIpc) is 2.71. The van der Waals surface area contributed by atoms with E-state index in [1.165, 1.54) is 30.3 Å². The first-order valence-corrected chi connectivity index (χ1v) is 11.1. The molecule has 2 N–H and O–H groups in total. The molecule has 0 fully saturated rings. The summed E-state index contributed by atoms with van der Waals surface area (Å²) in [5, 5.41) is 2.95. The number of ether oxygens (including phenoxy) is 1. The van der Waals surface area contributed by atoms with Crippen molar-refractivity contribution >= 4 is 38.9 Å². The zero-order valence-electron chi connectivity index (χ0n) is 16.5. The van der Waals surface area contributed by atoms with Gasteiger partial charge in [-0.15, -0.1) is 0 Å². The van der Waals surface area contributed by atoms with Gasteiger partial charge in [0.25, 0.3) is 15.9 Å². The summed E-state index contributed by atoms with van der Waals surface area (Å²) in [7, 11) is -3.79. The summed E-state index contributed by atoms with van der Waals surface area (Å²) in [5.41, 5.74) is 1.89. The van der Waals surface area contributed by atoms with Crippen molar-refractivity contribution < 1.29 is 17.9 Å². The summed E-state index contributed by atoms with van der Waals surface area (Å²) < 4.78 is 33.1. The first-order chi connectivity index (χ1) is 14.3. The number of carbonyl (C=O) groups excluding carboxylic acids is 1. The van der Waals surface area contributed by atoms with Crippen molar-refractivity contribution in [1.82, 2.24) is 0 Å². The van der Waals surface area contributed by atoms with Gasteiger partial charge in [0, 0.05) is 11.4 Å². The summed E-state index contributed by atoms with van der Waals surface area (Å²) in [4.78, 5) is 12.8. The summed E-state index contributed by atoms with van der Waals surface area (Å²) in [5.74, 6) is 0.238. The second-order valence-electron chi connectivity index (χ2n) is 6.52. The third kappa shape index (κ3) is 5.31. The Hall–Kier alpha value is -3.03. The molecule has 3 aromatic rings. The van der Waals surface area contributed by atoms with E-state index in [4.69, 9.17) is 16.3 Å². The van der Waals surface area contributed by atoms with E-state index in [-0.39, 0.29) is 21.2 Å². The normalized spacial score (nSPS) is 11.0. The van der Waals surface area contributed by atoms with Crippen LogP contribution in [0.5, 0.6) is 5.75 Å². The number of nitrogens with one attached hydrogen (secondary N) is 2. The molecule has 0 aromatic heterocycles. The molecule has 8 heteroatoms. The highest BCUT2D eigenvalue weighted by Gasteiger charge is 2.17. The number of rotatable bonds is 7. The van der Waals surface area contributed by atoms with Gasteiger partial charge in [-0.2, -0.15) is 0 Å². The van der Waals surface area contributed by atoms with Crippen molar-refractivity contribution in [1.29, 1.82) is 0 Å². The number of sulfonamides is 1. The Morgan fingerprint density at radius 3 is 2.23 bits per heavy atom. The van der Waals surface area contributed by atoms with E-state index in [0.29, 0.717) is 18.0 Å². The van der Waals surface area contributed by atoms with Crippen LogP contribution in [0.2, 0.25) is 5.02 Å². The monoisotopic (exact) mass is 444 g/mol. The first-order valence-electron chi connectivity index (χ1n) is 9.22. The molecule has 156 valence electrons. The highest BCUT2D eigenvalue weighted by molar-refractivity contribution is 7.92. The molecule has 30 heavy (non-hydrogen) atoms. The van der Waals surface area contributed by atoms with Crippen LogP contribution in [0.4, 0.5) is 11.4 Å². The van der Waals surface area contributed by atoms with Gasteiger partial charge >= 0.3 is 0 Å². The van der Waals surface area contributed by atoms with E-state index in [1.807, 2.05) is 13.8 Å². The van der Waals surface area contributed by atoms with Gasteiger partial charge in [0.15, 0.2) is 0 Å². The van der Waals surface area contributed by atoms with Crippen LogP contribution < -0.4 is 14.8 Å². The molecule has 0 aliphatic heterocycles. The summed E-state index contributed by atoms with van der Waals surface area (Å²) >= 11 is 6.17. The minimum absolute atomic E-state index is 0.128. The maximum Gasteiger partial charge on any atom is 0.261 e. The highest BCUT2D eigenvalue weighted by atomic mass is 35.5. The van der Waals surface area contributed by atoms with Gasteiger partial charge in [0.1, 0.15) is 5.75 Å². The predicted octanol–water partition coefficient (Wildman–Crippen LogP) is 5.10. The van der Waals surface area contributed by atoms with E-state index < -0.39 is 15.9 Å². The number of hydrogen-bond acceptors (Lipinski definition) is 4. The quantitative estimate of drug-likeness (QED) is 0.531. The first kappa shape index (κ1) is 21.7. The fourth-order valence-electron chi connectivity index (χ4n) is 2.69. The Kier molecular flexibility index (Phi) is 6.64. The Morgan fingerprint density at radius 1 is 0.967 bits per heavy atom. The molecule has 6 nitrogen and oxygen atoms in total. The van der Waals surface area contributed by atoms with Crippen molar-refractivity contribution in [3.05, 3.63) is 82.9 Å². The number of carbonyl (C=O) groups is 1. The van der Waals surface area contributed by atoms with Crippen LogP contribution in [0.3, 0.4) is 0 Å². The second-order valence-corrected chi connectivity index (χ2v) is 8.61. The lowest BCUT2D eigenvalue weighted by Gasteiger charge is -2.12. The average molecular weight is 445 g/mol. The molecule has 0 radical (unpaired) electrons. The molecule has 0 spiro atoms. The molecule has 0 saturated carbocycles. The van der Waals surface area contributed by atoms with Gasteiger partial charge in [-0.05, 0) is 68.4 Å². The summed E-state index contributed by atoms with van der Waals surface area (Å²) in [6.45, 7) is 4.31. The van der Waals surface area contributed by atoms with Crippen LogP contribution in [-0.2, 0) is 10.0 Å². The van der Waals surface area contributed by atoms with Crippen LogP contribution in [0.25, 0.3) is 0 Å². The van der Waals surface area contributed by atoms with Gasteiger partial charge in [-0.3, -0.25) is 9.52 Å². The van der Waals surface area contributed by atoms with E-state index in [2.05, 4.69) is 10.0 Å². The number of benzene rings is 3. The van der Waals surface area contributed by atoms with Gasteiger partial charge in [0.05, 0.1) is 22.1 Å². The van der Waals surface area contributed by atoms with E-state index in [9.17, 15) is 13.2 Å². The minimum atomic E-state index is -3.79. The van der Waals surface area contributed by atoms with Gasteiger partial charge < -0.3 is 10.1 Å². The lowest BCUT2D eigenvalue weighted by molar-refractivity contribution is 0.102. The third-order valence-electron chi connectivity index (χ3n) is 4.22. The Balaban J connectivity index is 1.78. The zero-order chi connectivity index (χ0) is 21.7. The SMILES string of the molecule is CCOc1ccc(NC(=O)c2cc(NS(=O)(=O)c3ccc(C)cc3)ccc2Cl)cc1. The van der Waals surface area contributed by atoms with E-state index in [0.717, 1.165) is 5.56 Å². The molecular formula is C22H21ClN2O4S. The van der Waals surface area contributed by atoms with Crippen molar-refractivity contribution in [2.24, 2.45) is 0 Å². The van der Waals surface area contributed by atoms with Crippen LogP contribution in [0.15, 0.2) is 71.6 Å². The van der Waals surface area contributed by atoms with E-state index >= 15 is 0 Å². The molecule has 0 heterocycles. The molecule has 0 aliphatic carbocycles. The maximum atomic E-state index is 12.7. The van der Waals surface area contributed by atoms with Gasteiger partial charge in [-0.25, -0.2) is 8.42 Å². The molecule has 0 saturated heterocycles. The van der Waals surface area contributed by atoms with Crippen LogP contribution in [-0.4, -0.2) is 20.9 Å². The molecule has 0 bridgehead atoms. The Labute approximate surface area is 180 Å². The number of amides is 1. The Morgan fingerprint density at radius 2 is 1.60 bits per heavy atom. The predicted molar refractivity (Wildman–Crippen MR) is 119 cm³/mol. The third-order valence-corrected chi connectivity index (χ3v) is 5.94. The second kappa shape index (κ2) is 9.19. The number of halogens is 1. The van der Waals surface area contributed by atoms with Gasteiger partial charge in [-0.1, -0.05) is 29.3 Å². The summed E-state index contributed by atoms with van der Waals surface area (Å²) in [6, 6.07) is 17.8. The van der Waals surface area contributed by atoms with Gasteiger partial charge in [0.2, 0.25) is 0 Å². The smallest absolute Gasteiger partial charge is 0.261 e. The number of hydrogen-bond donors (Lipinski definition) is 2. The highest BCUT2D eigenvalue weighted by Crippen LogP contribution is 2.25. The van der Waals surface area contributed by atoms with E-state index in [1.54, 1.807) is 36.4 Å². The molecule has 0 atom stereocenters. The number of aryl methyl sites for hydroxylation is 1. The molecule has 0 aliphatic rings. The van der Waals surface area contributed by atoms with Crippen LogP contribution in [0, 0.1) is 6.92 Å². The van der Waals surface area contributed by atoms with Crippen LogP contribution >= 0.6 is 11.6 Å². The zero-order valence-corrected chi connectivity index (χ0v) is 18.0. The maximum absolute atomic E-state index is 12.7. The largest absolute Gasteiger partial charge is 0.494 e. The molecule has 0 unspecified atom stereocenters. The Bertz CT molecular complexity index is 1140. The fraction of sp³-hybridized carbons (Fsp3) is 0.136.